The number of anilines is 1. The van der Waals surface area contributed by atoms with Gasteiger partial charge in [0.05, 0.1) is 15.1 Å². The van der Waals surface area contributed by atoms with Gasteiger partial charge in [0.2, 0.25) is 0 Å². The van der Waals surface area contributed by atoms with Gasteiger partial charge in [0.1, 0.15) is 5.75 Å². The van der Waals surface area contributed by atoms with E-state index in [4.69, 9.17) is 4.74 Å². The highest BCUT2D eigenvalue weighted by Crippen LogP contribution is 2.36. The van der Waals surface area contributed by atoms with Gasteiger partial charge >= 0.3 is 0 Å². The zero-order chi connectivity index (χ0) is 21.8. The Morgan fingerprint density at radius 2 is 2.00 bits per heavy atom. The van der Waals surface area contributed by atoms with E-state index in [2.05, 4.69) is 35.1 Å². The molecule has 1 amide bonds. The highest BCUT2D eigenvalue weighted by molar-refractivity contribution is 7.19. The van der Waals surface area contributed by atoms with E-state index in [1.54, 1.807) is 41.8 Å². The van der Waals surface area contributed by atoms with Gasteiger partial charge in [0.15, 0.2) is 11.6 Å². The molecule has 0 fully saturated rings. The first-order valence-corrected chi connectivity index (χ1v) is 11.7. The van der Waals surface area contributed by atoms with Gasteiger partial charge in [-0.15, -0.1) is 22.7 Å². The lowest BCUT2D eigenvalue weighted by atomic mass is 10.2. The van der Waals surface area contributed by atoms with Crippen LogP contribution in [0.2, 0.25) is 0 Å². The number of aromatic nitrogens is 1. The molecule has 0 aliphatic rings. The number of halogens is 1. The SMILES string of the molecule is CCN(CC)Cc1cc2nccc(Oc3ccc(NC(=O)c4cccs4)cc3F)c2s1. The normalized spacial score (nSPS) is 11.2. The molecule has 3 aromatic heterocycles. The summed E-state index contributed by atoms with van der Waals surface area (Å²) in [6, 6.07) is 11.7. The third-order valence-corrected chi connectivity index (χ3v) is 6.85. The van der Waals surface area contributed by atoms with E-state index in [1.165, 1.54) is 28.3 Å². The number of nitrogens with one attached hydrogen (secondary N) is 1. The summed E-state index contributed by atoms with van der Waals surface area (Å²) in [6.45, 7) is 7.07. The number of hydrogen-bond acceptors (Lipinski definition) is 6. The molecule has 0 bridgehead atoms. The fraction of sp³-hybridized carbons (Fsp3) is 0.217. The Labute approximate surface area is 188 Å². The molecule has 0 radical (unpaired) electrons. The Bertz CT molecular complexity index is 1190. The number of amides is 1. The third kappa shape index (κ3) is 4.92. The summed E-state index contributed by atoms with van der Waals surface area (Å²) in [5, 5.41) is 4.52. The molecule has 0 aliphatic heterocycles. The van der Waals surface area contributed by atoms with Gasteiger partial charge in [-0.05, 0) is 42.7 Å². The summed E-state index contributed by atoms with van der Waals surface area (Å²) in [5.74, 6) is -0.150. The maximum atomic E-state index is 14.7. The van der Waals surface area contributed by atoms with E-state index in [1.807, 2.05) is 5.38 Å². The molecule has 5 nitrogen and oxygen atoms in total. The number of rotatable bonds is 8. The van der Waals surface area contributed by atoms with Crippen molar-refractivity contribution in [2.75, 3.05) is 18.4 Å². The average Bonchev–Trinajstić information content (AvgIpc) is 3.44. The number of nitrogens with zero attached hydrogens (tertiary/aromatic N) is 2. The number of hydrogen-bond donors (Lipinski definition) is 1. The van der Waals surface area contributed by atoms with Gasteiger partial charge in [-0.25, -0.2) is 4.39 Å². The van der Waals surface area contributed by atoms with E-state index < -0.39 is 5.82 Å². The Morgan fingerprint density at radius 1 is 1.16 bits per heavy atom. The summed E-state index contributed by atoms with van der Waals surface area (Å²) < 4.78 is 21.5. The summed E-state index contributed by atoms with van der Waals surface area (Å²) in [6.07, 6.45) is 1.67. The van der Waals surface area contributed by atoms with Crippen molar-refractivity contribution in [3.05, 3.63) is 69.6 Å². The fourth-order valence-electron chi connectivity index (χ4n) is 3.17. The standard InChI is InChI=1S/C23H22FN3O2S2/c1-3-27(4-2)14-16-13-18-22(31-16)20(9-10-25-18)29-19-8-7-15(12-17(19)24)26-23(28)21-6-5-11-30-21/h5-13H,3-4,14H2,1-2H3,(H,26,28). The second kappa shape index (κ2) is 9.55. The largest absolute Gasteiger partial charge is 0.453 e. The molecule has 160 valence electrons. The minimum absolute atomic E-state index is 0.0975. The van der Waals surface area contributed by atoms with Crippen molar-refractivity contribution in [3.8, 4) is 11.5 Å². The predicted molar refractivity (Wildman–Crippen MR) is 125 cm³/mol. The summed E-state index contributed by atoms with van der Waals surface area (Å²) in [4.78, 5) is 20.7. The maximum absolute atomic E-state index is 14.7. The second-order valence-electron chi connectivity index (χ2n) is 6.88. The van der Waals surface area contributed by atoms with Crippen LogP contribution in [0.15, 0.2) is 54.0 Å². The Balaban J connectivity index is 1.53. The maximum Gasteiger partial charge on any atom is 0.265 e. The van der Waals surface area contributed by atoms with Crippen LogP contribution < -0.4 is 10.1 Å². The molecule has 1 N–H and O–H groups in total. The Kier molecular flexibility index (Phi) is 6.60. The molecule has 31 heavy (non-hydrogen) atoms. The summed E-state index contributed by atoms with van der Waals surface area (Å²) in [5.41, 5.74) is 1.21. The molecule has 3 heterocycles. The smallest absolute Gasteiger partial charge is 0.265 e. The van der Waals surface area contributed by atoms with Gasteiger partial charge in [-0.2, -0.15) is 0 Å². The number of carbonyl (C=O) groups excluding carboxylic acids is 1. The lowest BCUT2D eigenvalue weighted by Crippen LogP contribution is -2.21. The van der Waals surface area contributed by atoms with Crippen LogP contribution in [0.5, 0.6) is 11.5 Å². The number of carbonyl (C=O) groups is 1. The summed E-state index contributed by atoms with van der Waals surface area (Å²) in [7, 11) is 0. The van der Waals surface area contributed by atoms with E-state index in [-0.39, 0.29) is 11.7 Å². The van der Waals surface area contributed by atoms with Crippen LogP contribution in [0.4, 0.5) is 10.1 Å². The quantitative estimate of drug-likeness (QED) is 0.335. The molecule has 1 aromatic carbocycles. The Morgan fingerprint density at radius 3 is 2.71 bits per heavy atom. The van der Waals surface area contributed by atoms with Crippen molar-refractivity contribution < 1.29 is 13.9 Å². The second-order valence-corrected chi connectivity index (χ2v) is 8.96. The summed E-state index contributed by atoms with van der Waals surface area (Å²) >= 11 is 2.94. The van der Waals surface area contributed by atoms with E-state index in [0.717, 1.165) is 29.9 Å². The number of ether oxygens (including phenoxy) is 1. The van der Waals surface area contributed by atoms with Crippen molar-refractivity contribution in [2.45, 2.75) is 20.4 Å². The lowest BCUT2D eigenvalue weighted by Gasteiger charge is -2.16. The highest BCUT2D eigenvalue weighted by atomic mass is 32.1. The van der Waals surface area contributed by atoms with Gasteiger partial charge < -0.3 is 10.1 Å². The van der Waals surface area contributed by atoms with Gasteiger partial charge in [0, 0.05) is 35.4 Å². The minimum atomic E-state index is -0.547. The van der Waals surface area contributed by atoms with Crippen molar-refractivity contribution in [1.82, 2.24) is 9.88 Å². The van der Waals surface area contributed by atoms with Gasteiger partial charge in [-0.1, -0.05) is 19.9 Å². The first-order chi connectivity index (χ1) is 15.1. The molecule has 8 heteroatoms. The van der Waals surface area contributed by atoms with E-state index in [9.17, 15) is 9.18 Å². The van der Waals surface area contributed by atoms with Crippen molar-refractivity contribution in [3.63, 3.8) is 0 Å². The van der Waals surface area contributed by atoms with Crippen LogP contribution in [-0.2, 0) is 6.54 Å². The van der Waals surface area contributed by atoms with Gasteiger partial charge in [-0.3, -0.25) is 14.7 Å². The molecule has 0 unspecified atom stereocenters. The van der Waals surface area contributed by atoms with Crippen LogP contribution in [0, 0.1) is 5.82 Å². The first kappa shape index (κ1) is 21.4. The van der Waals surface area contributed by atoms with Crippen LogP contribution in [0.1, 0.15) is 28.4 Å². The Hall–Kier alpha value is -2.81. The molecular formula is C23H22FN3O2S2. The van der Waals surface area contributed by atoms with Crippen LogP contribution >= 0.6 is 22.7 Å². The number of pyridine rings is 1. The highest BCUT2D eigenvalue weighted by Gasteiger charge is 2.14. The van der Waals surface area contributed by atoms with Crippen LogP contribution in [0.3, 0.4) is 0 Å². The van der Waals surface area contributed by atoms with Crippen molar-refractivity contribution in [2.24, 2.45) is 0 Å². The zero-order valence-corrected chi connectivity index (χ0v) is 18.9. The molecule has 0 aliphatic carbocycles. The molecule has 0 atom stereocenters. The molecule has 4 aromatic rings. The molecule has 0 saturated carbocycles. The van der Waals surface area contributed by atoms with Crippen molar-refractivity contribution >= 4 is 44.5 Å². The average molecular weight is 456 g/mol. The molecule has 0 saturated heterocycles. The number of fused-ring (bicyclic) bond motifs is 1. The first-order valence-electron chi connectivity index (χ1n) is 9.99. The molecular weight excluding hydrogens is 433 g/mol. The molecule has 0 spiro atoms. The van der Waals surface area contributed by atoms with E-state index >= 15 is 0 Å². The number of benzene rings is 1. The van der Waals surface area contributed by atoms with Crippen molar-refractivity contribution in [1.29, 1.82) is 0 Å². The predicted octanol–water partition coefficient (Wildman–Crippen LogP) is 6.38. The topological polar surface area (TPSA) is 54.5 Å². The van der Waals surface area contributed by atoms with Gasteiger partial charge in [0.25, 0.3) is 5.91 Å². The fourth-order valence-corrected chi connectivity index (χ4v) is 4.90. The zero-order valence-electron chi connectivity index (χ0n) is 17.2. The third-order valence-electron chi connectivity index (χ3n) is 4.86. The number of thiophene rings is 2. The van der Waals surface area contributed by atoms with E-state index in [0.29, 0.717) is 16.3 Å². The van der Waals surface area contributed by atoms with Crippen LogP contribution in [-0.4, -0.2) is 28.9 Å². The minimum Gasteiger partial charge on any atom is -0.453 e. The van der Waals surface area contributed by atoms with Crippen LogP contribution in [0.25, 0.3) is 10.2 Å². The molecule has 4 rings (SSSR count). The monoisotopic (exact) mass is 455 g/mol. The lowest BCUT2D eigenvalue weighted by molar-refractivity contribution is 0.103.